The van der Waals surface area contributed by atoms with Crippen molar-refractivity contribution in [1.29, 1.82) is 0 Å². The summed E-state index contributed by atoms with van der Waals surface area (Å²) in [6.45, 7) is 0.581. The average molecular weight is 265 g/mol. The number of hydrogen-bond acceptors (Lipinski definition) is 3. The number of H-pyrrole nitrogens is 1. The van der Waals surface area contributed by atoms with Gasteiger partial charge in [-0.2, -0.15) is 0 Å². The van der Waals surface area contributed by atoms with E-state index >= 15 is 0 Å². The molecule has 5 heteroatoms. The third-order valence-corrected chi connectivity index (χ3v) is 2.69. The van der Waals surface area contributed by atoms with E-state index in [1.165, 1.54) is 7.11 Å². The summed E-state index contributed by atoms with van der Waals surface area (Å²) in [6.07, 6.45) is 0. The number of hydrogen-bond donors (Lipinski definition) is 2. The van der Waals surface area contributed by atoms with Crippen molar-refractivity contribution in [3.63, 3.8) is 0 Å². The van der Waals surface area contributed by atoms with Gasteiger partial charge in [0.2, 0.25) is 0 Å². The number of nitrogens with one attached hydrogen (secondary N) is 2. The van der Waals surface area contributed by atoms with Crippen LogP contribution in [0, 0.1) is 0 Å². The molecular formula is C13H13ClN2O2. The molecule has 0 fully saturated rings. The number of carbonyl (C=O) groups is 1. The van der Waals surface area contributed by atoms with Crippen LogP contribution in [0.5, 0.6) is 0 Å². The molecule has 0 saturated carbocycles. The van der Waals surface area contributed by atoms with Crippen molar-refractivity contribution in [2.24, 2.45) is 0 Å². The zero-order valence-electron chi connectivity index (χ0n) is 9.87. The first-order valence-electron chi connectivity index (χ1n) is 5.44. The highest BCUT2D eigenvalue weighted by Gasteiger charge is 2.07. The van der Waals surface area contributed by atoms with Gasteiger partial charge in [-0.3, -0.25) is 0 Å². The number of esters is 1. The Kier molecular flexibility index (Phi) is 3.89. The van der Waals surface area contributed by atoms with Gasteiger partial charge in [-0.05, 0) is 30.3 Å². The first-order valence-corrected chi connectivity index (χ1v) is 5.82. The third kappa shape index (κ3) is 3.05. The van der Waals surface area contributed by atoms with Crippen LogP contribution in [0.3, 0.4) is 0 Å². The second-order valence-corrected chi connectivity index (χ2v) is 4.19. The lowest BCUT2D eigenvalue weighted by atomic mass is 10.3. The number of halogens is 1. The molecule has 0 unspecified atom stereocenters. The predicted molar refractivity (Wildman–Crippen MR) is 70.9 cm³/mol. The van der Waals surface area contributed by atoms with E-state index in [4.69, 9.17) is 11.6 Å². The van der Waals surface area contributed by atoms with E-state index in [0.717, 1.165) is 11.4 Å². The van der Waals surface area contributed by atoms with E-state index in [2.05, 4.69) is 15.0 Å². The molecule has 0 aliphatic carbocycles. The number of carbonyl (C=O) groups excluding carboxylic acids is 1. The minimum atomic E-state index is -0.371. The van der Waals surface area contributed by atoms with Crippen molar-refractivity contribution >= 4 is 23.3 Å². The molecule has 2 aromatic rings. The maximum absolute atomic E-state index is 11.3. The Hall–Kier alpha value is -1.94. The number of methoxy groups -OCH3 is 1. The van der Waals surface area contributed by atoms with Crippen LogP contribution >= 0.6 is 11.6 Å². The van der Waals surface area contributed by atoms with Crippen LogP contribution in [0.15, 0.2) is 36.4 Å². The molecule has 2 N–H and O–H groups in total. The molecule has 0 aliphatic rings. The van der Waals surface area contributed by atoms with Crippen LogP contribution in [0.25, 0.3) is 0 Å². The topological polar surface area (TPSA) is 54.1 Å². The van der Waals surface area contributed by atoms with Crippen molar-refractivity contribution in [3.8, 4) is 0 Å². The Morgan fingerprint density at radius 1 is 1.39 bits per heavy atom. The number of aromatic amines is 1. The Morgan fingerprint density at radius 2 is 2.22 bits per heavy atom. The van der Waals surface area contributed by atoms with Crippen molar-refractivity contribution in [2.75, 3.05) is 12.4 Å². The zero-order chi connectivity index (χ0) is 13.0. The Morgan fingerprint density at radius 3 is 2.94 bits per heavy atom. The van der Waals surface area contributed by atoms with Gasteiger partial charge in [0.1, 0.15) is 5.69 Å². The number of rotatable bonds is 4. The molecule has 0 amide bonds. The average Bonchev–Trinajstić information content (AvgIpc) is 2.84. The lowest BCUT2D eigenvalue weighted by Gasteiger charge is -2.05. The standard InChI is InChI=1S/C13H13ClN2O2/c1-18-13(17)12-6-5-11(16-12)8-15-10-4-2-3-9(14)7-10/h2-7,15-16H,8H2,1H3. The SMILES string of the molecule is COC(=O)c1ccc(CNc2cccc(Cl)c2)[nH]1. The van der Waals surface area contributed by atoms with Gasteiger partial charge in [0.15, 0.2) is 0 Å². The summed E-state index contributed by atoms with van der Waals surface area (Å²) in [7, 11) is 1.35. The van der Waals surface area contributed by atoms with Gasteiger partial charge in [-0.25, -0.2) is 4.79 Å². The monoisotopic (exact) mass is 264 g/mol. The smallest absolute Gasteiger partial charge is 0.354 e. The summed E-state index contributed by atoms with van der Waals surface area (Å²) in [4.78, 5) is 14.2. The first kappa shape index (κ1) is 12.5. The molecule has 0 bridgehead atoms. The van der Waals surface area contributed by atoms with E-state index in [0.29, 0.717) is 17.3 Å². The number of anilines is 1. The molecule has 0 radical (unpaired) electrons. The summed E-state index contributed by atoms with van der Waals surface area (Å²) in [6, 6.07) is 11.0. The van der Waals surface area contributed by atoms with Crippen LogP contribution in [0.1, 0.15) is 16.2 Å². The quantitative estimate of drug-likeness (QED) is 0.835. The third-order valence-electron chi connectivity index (χ3n) is 2.46. The Bertz CT molecular complexity index is 551. The fourth-order valence-electron chi connectivity index (χ4n) is 1.57. The molecule has 1 aromatic heterocycles. The molecule has 94 valence electrons. The fraction of sp³-hybridized carbons (Fsp3) is 0.154. The maximum Gasteiger partial charge on any atom is 0.354 e. The summed E-state index contributed by atoms with van der Waals surface area (Å²) < 4.78 is 4.62. The predicted octanol–water partition coefficient (Wildman–Crippen LogP) is 3.07. The van der Waals surface area contributed by atoms with Gasteiger partial charge in [-0.15, -0.1) is 0 Å². The summed E-state index contributed by atoms with van der Waals surface area (Å²) >= 11 is 5.88. The van der Waals surface area contributed by atoms with Gasteiger partial charge in [-0.1, -0.05) is 17.7 Å². The Balaban J connectivity index is 1.98. The number of ether oxygens (including phenoxy) is 1. The lowest BCUT2D eigenvalue weighted by molar-refractivity contribution is 0.0594. The zero-order valence-corrected chi connectivity index (χ0v) is 10.6. The second-order valence-electron chi connectivity index (χ2n) is 3.75. The molecule has 18 heavy (non-hydrogen) atoms. The molecule has 1 heterocycles. The van der Waals surface area contributed by atoms with Crippen LogP contribution in [-0.4, -0.2) is 18.1 Å². The molecule has 2 rings (SSSR count). The van der Waals surface area contributed by atoms with E-state index in [9.17, 15) is 4.79 Å². The first-order chi connectivity index (χ1) is 8.69. The summed E-state index contributed by atoms with van der Waals surface area (Å²) in [5, 5.41) is 3.89. The molecular weight excluding hydrogens is 252 g/mol. The molecule has 1 aromatic carbocycles. The van der Waals surface area contributed by atoms with Gasteiger partial charge in [0.05, 0.1) is 13.7 Å². The van der Waals surface area contributed by atoms with Crippen molar-refractivity contribution in [2.45, 2.75) is 6.54 Å². The van der Waals surface area contributed by atoms with E-state index in [1.54, 1.807) is 6.07 Å². The van der Waals surface area contributed by atoms with Crippen LogP contribution in [-0.2, 0) is 11.3 Å². The molecule has 0 aliphatic heterocycles. The summed E-state index contributed by atoms with van der Waals surface area (Å²) in [5.41, 5.74) is 2.27. The van der Waals surface area contributed by atoms with Crippen molar-refractivity contribution in [1.82, 2.24) is 4.98 Å². The minimum absolute atomic E-state index is 0.371. The van der Waals surface area contributed by atoms with Gasteiger partial charge < -0.3 is 15.0 Å². The van der Waals surface area contributed by atoms with Crippen LogP contribution < -0.4 is 5.32 Å². The van der Waals surface area contributed by atoms with Gasteiger partial charge in [0, 0.05) is 16.4 Å². The molecule has 0 saturated heterocycles. The largest absolute Gasteiger partial charge is 0.464 e. The van der Waals surface area contributed by atoms with E-state index in [1.807, 2.05) is 30.3 Å². The molecule has 0 spiro atoms. The minimum Gasteiger partial charge on any atom is -0.464 e. The van der Waals surface area contributed by atoms with Crippen LogP contribution in [0.2, 0.25) is 5.02 Å². The highest BCUT2D eigenvalue weighted by atomic mass is 35.5. The van der Waals surface area contributed by atoms with E-state index in [-0.39, 0.29) is 5.97 Å². The molecule has 4 nitrogen and oxygen atoms in total. The summed E-state index contributed by atoms with van der Waals surface area (Å²) in [5.74, 6) is -0.371. The second kappa shape index (κ2) is 5.60. The van der Waals surface area contributed by atoms with Crippen molar-refractivity contribution in [3.05, 3.63) is 52.8 Å². The van der Waals surface area contributed by atoms with Gasteiger partial charge in [0.25, 0.3) is 0 Å². The highest BCUT2D eigenvalue weighted by molar-refractivity contribution is 6.30. The number of benzene rings is 1. The molecule has 0 atom stereocenters. The fourth-order valence-corrected chi connectivity index (χ4v) is 1.76. The van der Waals surface area contributed by atoms with Crippen LogP contribution in [0.4, 0.5) is 5.69 Å². The maximum atomic E-state index is 11.3. The highest BCUT2D eigenvalue weighted by Crippen LogP contribution is 2.15. The Labute approximate surface area is 110 Å². The normalized spacial score (nSPS) is 10.1. The number of aromatic nitrogens is 1. The van der Waals surface area contributed by atoms with Gasteiger partial charge >= 0.3 is 5.97 Å². The van der Waals surface area contributed by atoms with E-state index < -0.39 is 0 Å². The van der Waals surface area contributed by atoms with Crippen molar-refractivity contribution < 1.29 is 9.53 Å². The lowest BCUT2D eigenvalue weighted by Crippen LogP contribution is -2.03.